The first kappa shape index (κ1) is 13.0. The van der Waals surface area contributed by atoms with E-state index in [9.17, 15) is 5.21 Å². The van der Waals surface area contributed by atoms with Gasteiger partial charge in [-0.1, -0.05) is 0 Å². The van der Waals surface area contributed by atoms with Crippen molar-refractivity contribution in [3.8, 4) is 0 Å². The van der Waals surface area contributed by atoms with Crippen LogP contribution in [0.1, 0.15) is 12.5 Å². The average Bonchev–Trinajstić information content (AvgIpc) is 2.38. The minimum atomic E-state index is 0.729. The van der Waals surface area contributed by atoms with E-state index in [1.807, 2.05) is 32.1 Å². The highest BCUT2D eigenvalue weighted by Gasteiger charge is 2.04. The molecule has 0 spiro atoms. The zero-order valence-corrected chi connectivity index (χ0v) is 11.2. The molecular weight excluding hydrogens is 240 g/mol. The van der Waals surface area contributed by atoms with Crippen molar-refractivity contribution in [3.05, 3.63) is 53.2 Å². The Morgan fingerprint density at radius 2 is 1.95 bits per heavy atom. The van der Waals surface area contributed by atoms with E-state index in [1.54, 1.807) is 19.3 Å². The monoisotopic (exact) mass is 256 g/mol. The highest BCUT2D eigenvalue weighted by Crippen LogP contribution is 2.06. The van der Waals surface area contributed by atoms with Gasteiger partial charge in [-0.05, 0) is 49.3 Å². The summed E-state index contributed by atoms with van der Waals surface area (Å²) >= 11 is 0. The summed E-state index contributed by atoms with van der Waals surface area (Å²) in [7, 11) is 1.76. The predicted octanol–water partition coefficient (Wildman–Crippen LogP) is 1.88. The molecule has 0 bridgehead atoms. The topological polar surface area (TPSA) is 62.2 Å². The second kappa shape index (κ2) is 5.48. The highest BCUT2D eigenvalue weighted by atomic mass is 16.5. The van der Waals surface area contributed by atoms with Gasteiger partial charge in [0.25, 0.3) is 0 Å². The Labute approximate surface area is 111 Å². The van der Waals surface area contributed by atoms with Gasteiger partial charge in [-0.15, -0.1) is 0 Å². The molecule has 0 fully saturated rings. The zero-order chi connectivity index (χ0) is 13.8. The second-order valence-electron chi connectivity index (χ2n) is 4.29. The summed E-state index contributed by atoms with van der Waals surface area (Å²) in [5.74, 6) is 0. The molecule has 1 aliphatic rings. The maximum Gasteiger partial charge on any atom is 0.0917 e. The lowest BCUT2D eigenvalue weighted by Gasteiger charge is -2.05. The molecule has 1 heterocycles. The maximum absolute atomic E-state index is 9.25. The largest absolute Gasteiger partial charge is 0.429 e. The normalized spacial score (nSPS) is 20.2. The first-order chi connectivity index (χ1) is 9.10. The molecule has 2 rings (SSSR count). The van der Waals surface area contributed by atoms with Crippen LogP contribution in [0.5, 0.6) is 0 Å². The third kappa shape index (κ3) is 3.07. The van der Waals surface area contributed by atoms with Gasteiger partial charge in [0.15, 0.2) is 0 Å². The summed E-state index contributed by atoms with van der Waals surface area (Å²) in [6.45, 7) is 3.86. The van der Waals surface area contributed by atoms with Crippen molar-refractivity contribution in [3.63, 3.8) is 0 Å². The summed E-state index contributed by atoms with van der Waals surface area (Å²) in [5, 5.41) is 18.4. The number of nitrogens with zero attached hydrogens (tertiary/aromatic N) is 4. The molecule has 1 aliphatic carbocycles. The van der Waals surface area contributed by atoms with Crippen molar-refractivity contribution in [2.75, 3.05) is 7.05 Å². The number of allylic oxidation sites excluding steroid dienone is 4. The van der Waals surface area contributed by atoms with Crippen molar-refractivity contribution in [1.82, 2.24) is 4.73 Å². The van der Waals surface area contributed by atoms with Crippen LogP contribution >= 0.6 is 0 Å². The van der Waals surface area contributed by atoms with Crippen molar-refractivity contribution >= 4 is 11.4 Å². The third-order valence-corrected chi connectivity index (χ3v) is 2.81. The van der Waals surface area contributed by atoms with E-state index in [0.717, 1.165) is 32.6 Å². The van der Waals surface area contributed by atoms with Gasteiger partial charge in [-0.2, -0.15) is 10.2 Å². The lowest BCUT2D eigenvalue weighted by molar-refractivity contribution is 0.183. The lowest BCUT2D eigenvalue weighted by atomic mass is 10.0. The molecule has 5 nitrogen and oxygen atoms in total. The first-order valence-corrected chi connectivity index (χ1v) is 5.93. The smallest absolute Gasteiger partial charge is 0.0917 e. The molecule has 0 saturated carbocycles. The molecule has 0 aliphatic heterocycles. The summed E-state index contributed by atoms with van der Waals surface area (Å²) in [6, 6.07) is 1.71. The van der Waals surface area contributed by atoms with Gasteiger partial charge in [-0.3, -0.25) is 4.99 Å². The van der Waals surface area contributed by atoms with Crippen LogP contribution in [-0.2, 0) is 0 Å². The minimum absolute atomic E-state index is 0.729. The van der Waals surface area contributed by atoms with Gasteiger partial charge in [0.2, 0.25) is 0 Å². The molecule has 0 atom stereocenters. The summed E-state index contributed by atoms with van der Waals surface area (Å²) in [5.41, 5.74) is 3.66. The fourth-order valence-corrected chi connectivity index (χ4v) is 1.76. The summed E-state index contributed by atoms with van der Waals surface area (Å²) in [6.07, 6.45) is 8.84. The number of aliphatic imine (C=N–C) groups is 1. The van der Waals surface area contributed by atoms with E-state index in [2.05, 4.69) is 15.2 Å². The van der Waals surface area contributed by atoms with Crippen LogP contribution in [0.4, 0.5) is 0 Å². The number of rotatable bonds is 1. The standard InChI is InChI=1S/C14H16N4O/c1-10-8-12(4-5-13(10)15-3)16-17-14-6-7-18(19)9-11(14)2/h4-9,19H,1-3H3/b15-13?,16-12-,17-14+. The fraction of sp³-hybridized carbons (Fsp3) is 0.214. The molecule has 1 aromatic rings. The molecule has 5 heteroatoms. The SMILES string of the molecule is CN=C1C=C/C(=N/N=c2\ccn(O)cc2C)C=C1C. The second-order valence-corrected chi connectivity index (χ2v) is 4.29. The Morgan fingerprint density at radius 1 is 1.16 bits per heavy atom. The van der Waals surface area contributed by atoms with Crippen LogP contribution in [-0.4, -0.2) is 28.4 Å². The molecule has 1 N–H and O–H groups in total. The van der Waals surface area contributed by atoms with Crippen molar-refractivity contribution < 1.29 is 5.21 Å². The van der Waals surface area contributed by atoms with Gasteiger partial charge in [-0.25, -0.2) is 4.73 Å². The van der Waals surface area contributed by atoms with Gasteiger partial charge in [0.05, 0.1) is 16.8 Å². The Bertz CT molecular complexity index is 675. The van der Waals surface area contributed by atoms with Crippen molar-refractivity contribution in [2.24, 2.45) is 15.2 Å². The fourth-order valence-electron chi connectivity index (χ4n) is 1.76. The third-order valence-electron chi connectivity index (χ3n) is 2.81. The molecule has 0 saturated heterocycles. The zero-order valence-electron chi connectivity index (χ0n) is 11.2. The van der Waals surface area contributed by atoms with Gasteiger partial charge < -0.3 is 5.21 Å². The van der Waals surface area contributed by atoms with E-state index in [0.29, 0.717) is 0 Å². The maximum atomic E-state index is 9.25. The quantitative estimate of drug-likeness (QED) is 0.465. The van der Waals surface area contributed by atoms with E-state index in [-0.39, 0.29) is 0 Å². The molecule has 98 valence electrons. The van der Waals surface area contributed by atoms with Gasteiger partial charge in [0, 0.05) is 19.4 Å². The Morgan fingerprint density at radius 3 is 2.58 bits per heavy atom. The minimum Gasteiger partial charge on any atom is -0.429 e. The average molecular weight is 256 g/mol. The van der Waals surface area contributed by atoms with Crippen LogP contribution in [0.25, 0.3) is 0 Å². The van der Waals surface area contributed by atoms with E-state index >= 15 is 0 Å². The number of hydrogen-bond acceptors (Lipinski definition) is 4. The van der Waals surface area contributed by atoms with E-state index in [4.69, 9.17) is 0 Å². The van der Waals surface area contributed by atoms with Gasteiger partial charge >= 0.3 is 0 Å². The molecule has 0 aromatic carbocycles. The van der Waals surface area contributed by atoms with E-state index < -0.39 is 0 Å². The van der Waals surface area contributed by atoms with Crippen LogP contribution in [0, 0.1) is 6.92 Å². The number of aromatic nitrogens is 1. The van der Waals surface area contributed by atoms with Crippen molar-refractivity contribution in [1.29, 1.82) is 0 Å². The highest BCUT2D eigenvalue weighted by molar-refractivity contribution is 6.20. The lowest BCUT2D eigenvalue weighted by Crippen LogP contribution is -2.10. The van der Waals surface area contributed by atoms with Crippen LogP contribution in [0.15, 0.2) is 57.5 Å². The molecule has 0 unspecified atom stereocenters. The first-order valence-electron chi connectivity index (χ1n) is 5.93. The Kier molecular flexibility index (Phi) is 3.75. The number of hydrogen-bond donors (Lipinski definition) is 1. The molecule has 19 heavy (non-hydrogen) atoms. The van der Waals surface area contributed by atoms with Gasteiger partial charge in [0.1, 0.15) is 0 Å². The number of aryl methyl sites for hydroxylation is 1. The van der Waals surface area contributed by atoms with Crippen molar-refractivity contribution in [2.45, 2.75) is 13.8 Å². The predicted molar refractivity (Wildman–Crippen MR) is 75.6 cm³/mol. The van der Waals surface area contributed by atoms with Crippen LogP contribution in [0.3, 0.4) is 0 Å². The number of pyridine rings is 1. The Balaban J connectivity index is 2.34. The molecule has 0 radical (unpaired) electrons. The molecular formula is C14H16N4O. The molecule has 1 aromatic heterocycles. The van der Waals surface area contributed by atoms with Crippen LogP contribution < -0.4 is 5.36 Å². The molecule has 0 amide bonds. The summed E-state index contributed by atoms with van der Waals surface area (Å²) in [4.78, 5) is 4.15. The summed E-state index contributed by atoms with van der Waals surface area (Å²) < 4.78 is 0.996. The van der Waals surface area contributed by atoms with Crippen LogP contribution in [0.2, 0.25) is 0 Å². The Hall–Kier alpha value is -2.43. The van der Waals surface area contributed by atoms with E-state index in [1.165, 1.54) is 6.20 Å².